The van der Waals surface area contributed by atoms with Crippen LogP contribution in [-0.4, -0.2) is 58.4 Å². The summed E-state index contributed by atoms with van der Waals surface area (Å²) in [5, 5.41) is 9.18. The molecular formula is C18H28O10. The highest BCUT2D eigenvalue weighted by molar-refractivity contribution is 5.87. The molecule has 0 fully saturated rings. The Balaban J connectivity index is 5.17. The van der Waals surface area contributed by atoms with Crippen LogP contribution in [0.4, 0.5) is 0 Å². The molecule has 0 aliphatic carbocycles. The highest BCUT2D eigenvalue weighted by atomic mass is 16.6. The Morgan fingerprint density at radius 3 is 1.46 bits per heavy atom. The minimum absolute atomic E-state index is 0.672. The topological polar surface area (TPSA) is 143 Å². The van der Waals surface area contributed by atoms with Crippen LogP contribution in [0, 0.1) is 0 Å². The molecule has 0 radical (unpaired) electrons. The minimum Gasteiger partial charge on any atom is -0.478 e. The van der Waals surface area contributed by atoms with Crippen LogP contribution in [-0.2, 0) is 42.9 Å². The van der Waals surface area contributed by atoms with Crippen molar-refractivity contribution < 1.29 is 48.0 Å². The molecule has 0 aromatic rings. The van der Waals surface area contributed by atoms with Crippen LogP contribution in [0.3, 0.4) is 0 Å². The van der Waals surface area contributed by atoms with Gasteiger partial charge in [0.25, 0.3) is 0 Å². The predicted octanol–water partition coefficient (Wildman–Crippen LogP) is 1.38. The van der Waals surface area contributed by atoms with Crippen LogP contribution < -0.4 is 0 Å². The molecule has 0 bridgehead atoms. The molecule has 0 aromatic heterocycles. The zero-order valence-electron chi connectivity index (χ0n) is 17.2. The van der Waals surface area contributed by atoms with Crippen LogP contribution in [0.15, 0.2) is 0 Å². The van der Waals surface area contributed by atoms with Crippen molar-refractivity contribution in [3.05, 3.63) is 0 Å². The lowest BCUT2D eigenvalue weighted by atomic mass is 10.1. The third-order valence-electron chi connectivity index (χ3n) is 2.65. The van der Waals surface area contributed by atoms with Crippen LogP contribution in [0.5, 0.6) is 0 Å². The third kappa shape index (κ3) is 11.9. The largest absolute Gasteiger partial charge is 0.478 e. The predicted molar refractivity (Wildman–Crippen MR) is 94.0 cm³/mol. The fourth-order valence-corrected chi connectivity index (χ4v) is 1.84. The fraction of sp³-hybridized carbons (Fsp3) is 0.722. The van der Waals surface area contributed by atoms with Gasteiger partial charge in [-0.15, -0.1) is 0 Å². The third-order valence-corrected chi connectivity index (χ3v) is 2.65. The maximum absolute atomic E-state index is 12.2. The van der Waals surface area contributed by atoms with Crippen LogP contribution in [0.25, 0.3) is 0 Å². The number of carboxylic acids is 1. The van der Waals surface area contributed by atoms with Gasteiger partial charge in [-0.2, -0.15) is 0 Å². The van der Waals surface area contributed by atoms with Gasteiger partial charge in [0.2, 0.25) is 12.2 Å². The Morgan fingerprint density at radius 2 is 1.14 bits per heavy atom. The summed E-state index contributed by atoms with van der Waals surface area (Å²) in [5.74, 6) is -5.53. The van der Waals surface area contributed by atoms with E-state index < -0.39 is 66.1 Å². The van der Waals surface area contributed by atoms with Gasteiger partial charge in [0.05, 0.1) is 12.8 Å². The number of rotatable bonds is 8. The Morgan fingerprint density at radius 1 is 0.750 bits per heavy atom. The van der Waals surface area contributed by atoms with E-state index in [2.05, 4.69) is 0 Å². The average Bonchev–Trinajstić information content (AvgIpc) is 2.40. The Labute approximate surface area is 163 Å². The molecule has 160 valence electrons. The summed E-state index contributed by atoms with van der Waals surface area (Å²) in [5.41, 5.74) is -1.71. The summed E-state index contributed by atoms with van der Waals surface area (Å²) in [7, 11) is 0. The zero-order chi connectivity index (χ0) is 22.3. The van der Waals surface area contributed by atoms with Crippen LogP contribution in [0.1, 0.15) is 61.3 Å². The minimum atomic E-state index is -1.88. The van der Waals surface area contributed by atoms with E-state index in [0.717, 1.165) is 6.92 Å². The van der Waals surface area contributed by atoms with Crippen molar-refractivity contribution in [2.24, 2.45) is 0 Å². The first-order valence-electron chi connectivity index (χ1n) is 8.54. The van der Waals surface area contributed by atoms with Crippen molar-refractivity contribution in [2.75, 3.05) is 0 Å². The van der Waals surface area contributed by atoms with E-state index in [1.54, 1.807) is 41.5 Å². The van der Waals surface area contributed by atoms with Crippen LogP contribution in [0.2, 0.25) is 0 Å². The van der Waals surface area contributed by atoms with E-state index in [1.165, 1.54) is 0 Å². The zero-order valence-corrected chi connectivity index (χ0v) is 17.2. The molecule has 0 unspecified atom stereocenters. The number of carbonyl (C=O) groups is 5. The van der Waals surface area contributed by atoms with Gasteiger partial charge in [-0.05, 0) is 41.5 Å². The van der Waals surface area contributed by atoms with E-state index in [1.807, 2.05) is 0 Å². The van der Waals surface area contributed by atoms with E-state index in [9.17, 15) is 29.1 Å². The first kappa shape index (κ1) is 25.4. The molecule has 28 heavy (non-hydrogen) atoms. The summed E-state index contributed by atoms with van der Waals surface area (Å²) < 4.78 is 19.5. The first-order chi connectivity index (χ1) is 12.5. The summed E-state index contributed by atoms with van der Waals surface area (Å²) in [4.78, 5) is 58.5. The van der Waals surface area contributed by atoms with Gasteiger partial charge in [0, 0.05) is 6.92 Å². The second-order valence-corrected chi connectivity index (χ2v) is 7.94. The van der Waals surface area contributed by atoms with Gasteiger partial charge >= 0.3 is 29.8 Å². The number of carbonyl (C=O) groups excluding carboxylic acids is 4. The molecule has 0 spiro atoms. The standard InChI is InChI=1S/C18H28O10/c1-10(19)25-12(9-14(21)28-18(5,6)7)16(24)26-11(15(22)23)8-13(20)27-17(2,3)4/h11-12H,8-9H2,1-7H3,(H,22,23)/t11-,12-/m0/s1. The maximum atomic E-state index is 12.2. The first-order valence-corrected chi connectivity index (χ1v) is 8.54. The summed E-state index contributed by atoms with van der Waals surface area (Å²) in [6.45, 7) is 10.6. The normalized spacial score (nSPS) is 13.7. The quantitative estimate of drug-likeness (QED) is 0.465. The van der Waals surface area contributed by atoms with Crippen molar-refractivity contribution in [3.63, 3.8) is 0 Å². The summed E-state index contributed by atoms with van der Waals surface area (Å²) >= 11 is 0. The Bertz CT molecular complexity index is 609. The smallest absolute Gasteiger partial charge is 0.348 e. The van der Waals surface area contributed by atoms with Gasteiger partial charge in [-0.1, -0.05) is 0 Å². The van der Waals surface area contributed by atoms with E-state index in [4.69, 9.17) is 18.9 Å². The Kier molecular flexibility index (Phi) is 9.10. The molecular weight excluding hydrogens is 376 g/mol. The van der Waals surface area contributed by atoms with Crippen molar-refractivity contribution >= 4 is 29.8 Å². The molecule has 10 heteroatoms. The number of esters is 4. The SMILES string of the molecule is CC(=O)O[C@@H](CC(=O)OC(C)(C)C)C(=O)O[C@@H](CC(=O)OC(C)(C)C)C(=O)O. The number of carboxylic acid groups (broad SMARTS) is 1. The lowest BCUT2D eigenvalue weighted by Crippen LogP contribution is -2.39. The average molecular weight is 404 g/mol. The highest BCUT2D eigenvalue weighted by Crippen LogP contribution is 2.15. The fourth-order valence-electron chi connectivity index (χ4n) is 1.84. The molecule has 0 saturated carbocycles. The second kappa shape index (κ2) is 10.0. The molecule has 10 nitrogen and oxygen atoms in total. The van der Waals surface area contributed by atoms with Crippen molar-refractivity contribution in [1.29, 1.82) is 0 Å². The van der Waals surface area contributed by atoms with Gasteiger partial charge in [0.1, 0.15) is 11.2 Å². The van der Waals surface area contributed by atoms with Gasteiger partial charge in [-0.3, -0.25) is 14.4 Å². The molecule has 0 aliphatic heterocycles. The van der Waals surface area contributed by atoms with E-state index >= 15 is 0 Å². The number of hydrogen-bond donors (Lipinski definition) is 1. The monoisotopic (exact) mass is 404 g/mol. The van der Waals surface area contributed by atoms with Gasteiger partial charge in [0.15, 0.2) is 0 Å². The number of hydrogen-bond acceptors (Lipinski definition) is 9. The number of aliphatic carboxylic acids is 1. The molecule has 0 amide bonds. The van der Waals surface area contributed by atoms with Gasteiger partial charge < -0.3 is 24.1 Å². The molecule has 2 atom stereocenters. The van der Waals surface area contributed by atoms with E-state index in [-0.39, 0.29) is 0 Å². The van der Waals surface area contributed by atoms with Gasteiger partial charge in [-0.25, -0.2) is 9.59 Å². The lowest BCUT2D eigenvalue weighted by molar-refractivity contribution is -0.183. The second-order valence-electron chi connectivity index (χ2n) is 7.94. The van der Waals surface area contributed by atoms with Crippen molar-refractivity contribution in [3.8, 4) is 0 Å². The molecule has 0 aliphatic rings. The lowest BCUT2D eigenvalue weighted by Gasteiger charge is -2.23. The summed E-state index contributed by atoms with van der Waals surface area (Å²) in [6, 6.07) is 0. The molecule has 1 N–H and O–H groups in total. The summed E-state index contributed by atoms with van der Waals surface area (Å²) in [6.07, 6.45) is -5.02. The molecule has 0 heterocycles. The molecule has 0 rings (SSSR count). The molecule has 0 aromatic carbocycles. The molecule has 0 saturated heterocycles. The highest BCUT2D eigenvalue weighted by Gasteiger charge is 2.34. The Hall–Kier alpha value is -2.65. The van der Waals surface area contributed by atoms with E-state index in [0.29, 0.717) is 0 Å². The number of ether oxygens (including phenoxy) is 4. The van der Waals surface area contributed by atoms with Crippen molar-refractivity contribution in [2.45, 2.75) is 84.7 Å². The van der Waals surface area contributed by atoms with Crippen molar-refractivity contribution in [1.82, 2.24) is 0 Å². The maximum Gasteiger partial charge on any atom is 0.348 e. The van der Waals surface area contributed by atoms with Crippen LogP contribution >= 0.6 is 0 Å².